The molecule has 2 heteroatoms. The van der Waals surface area contributed by atoms with E-state index in [1.165, 1.54) is 6.42 Å². The van der Waals surface area contributed by atoms with Gasteiger partial charge in [0.25, 0.3) is 0 Å². The van der Waals surface area contributed by atoms with Gasteiger partial charge in [0.2, 0.25) is 0 Å². The highest BCUT2D eigenvalue weighted by Crippen LogP contribution is 2.22. The predicted molar refractivity (Wildman–Crippen MR) is 38.9 cm³/mol. The van der Waals surface area contributed by atoms with Gasteiger partial charge in [-0.3, -0.25) is 0 Å². The molecular weight excluding hydrogens is 136 g/mol. The third-order valence-corrected chi connectivity index (χ3v) is 2.17. The summed E-state index contributed by atoms with van der Waals surface area (Å²) < 4.78 is 5.53. The second-order valence-electron chi connectivity index (χ2n) is 2.52. The topological polar surface area (TPSA) is 9.23 Å². The zero-order valence-electron chi connectivity index (χ0n) is 5.77. The van der Waals surface area contributed by atoms with Crippen molar-refractivity contribution in [3.05, 3.63) is 0 Å². The van der Waals surface area contributed by atoms with Crippen molar-refractivity contribution in [2.24, 2.45) is 0 Å². The standard InChI is InChI=1S/C7H13ClO/c1-2-6-3-4-7(5-8)9-6/h6-7H,2-5H2,1H3/t6-,7-/m1/s1. The minimum absolute atomic E-state index is 0.344. The molecule has 0 aromatic heterocycles. The van der Waals surface area contributed by atoms with E-state index < -0.39 is 0 Å². The Morgan fingerprint density at radius 2 is 2.11 bits per heavy atom. The van der Waals surface area contributed by atoms with E-state index in [1.807, 2.05) is 0 Å². The predicted octanol–water partition coefficient (Wildman–Crippen LogP) is 2.18. The van der Waals surface area contributed by atoms with Crippen LogP contribution < -0.4 is 0 Å². The highest BCUT2D eigenvalue weighted by molar-refractivity contribution is 6.18. The highest BCUT2D eigenvalue weighted by Gasteiger charge is 2.22. The Morgan fingerprint density at radius 1 is 1.44 bits per heavy atom. The molecule has 0 aromatic rings. The number of halogens is 1. The molecule has 0 spiro atoms. The van der Waals surface area contributed by atoms with Crippen LogP contribution in [0.2, 0.25) is 0 Å². The summed E-state index contributed by atoms with van der Waals surface area (Å²) in [6, 6.07) is 0. The molecule has 1 aliphatic heterocycles. The number of ether oxygens (including phenoxy) is 1. The Labute approximate surface area is 61.3 Å². The van der Waals surface area contributed by atoms with Gasteiger partial charge in [0.05, 0.1) is 12.2 Å². The Kier molecular flexibility index (Phi) is 2.80. The molecular formula is C7H13ClO. The average molecular weight is 149 g/mol. The number of alkyl halides is 1. The fraction of sp³-hybridized carbons (Fsp3) is 1.00. The molecule has 0 N–H and O–H groups in total. The van der Waals surface area contributed by atoms with Crippen LogP contribution in [-0.4, -0.2) is 18.1 Å². The van der Waals surface area contributed by atoms with Crippen molar-refractivity contribution in [3.8, 4) is 0 Å². The Balaban J connectivity index is 2.20. The molecule has 1 rings (SSSR count). The lowest BCUT2D eigenvalue weighted by molar-refractivity contribution is 0.0558. The zero-order valence-corrected chi connectivity index (χ0v) is 6.53. The Morgan fingerprint density at radius 3 is 2.44 bits per heavy atom. The number of hydrogen-bond donors (Lipinski definition) is 0. The van der Waals surface area contributed by atoms with E-state index in [2.05, 4.69) is 6.92 Å². The summed E-state index contributed by atoms with van der Waals surface area (Å²) in [5, 5.41) is 0. The monoisotopic (exact) mass is 148 g/mol. The van der Waals surface area contributed by atoms with Crippen molar-refractivity contribution in [2.75, 3.05) is 5.88 Å². The lowest BCUT2D eigenvalue weighted by atomic mass is 10.2. The lowest BCUT2D eigenvalue weighted by Gasteiger charge is -2.07. The molecule has 9 heavy (non-hydrogen) atoms. The maximum Gasteiger partial charge on any atom is 0.0715 e. The summed E-state index contributed by atoms with van der Waals surface area (Å²) in [6.45, 7) is 2.15. The van der Waals surface area contributed by atoms with Crippen molar-refractivity contribution in [1.82, 2.24) is 0 Å². The van der Waals surface area contributed by atoms with E-state index in [4.69, 9.17) is 16.3 Å². The molecule has 0 aliphatic carbocycles. The summed E-state index contributed by atoms with van der Waals surface area (Å²) in [4.78, 5) is 0. The highest BCUT2D eigenvalue weighted by atomic mass is 35.5. The molecule has 1 saturated heterocycles. The van der Waals surface area contributed by atoms with Crippen molar-refractivity contribution in [2.45, 2.75) is 38.4 Å². The van der Waals surface area contributed by atoms with Gasteiger partial charge in [0.15, 0.2) is 0 Å². The Bertz CT molecular complexity index is 75.0. The smallest absolute Gasteiger partial charge is 0.0715 e. The van der Waals surface area contributed by atoms with Crippen molar-refractivity contribution < 1.29 is 4.74 Å². The van der Waals surface area contributed by atoms with Crippen molar-refractivity contribution >= 4 is 11.6 Å². The zero-order chi connectivity index (χ0) is 6.69. The van der Waals surface area contributed by atoms with Crippen LogP contribution >= 0.6 is 11.6 Å². The molecule has 54 valence electrons. The molecule has 0 radical (unpaired) electrons. The van der Waals surface area contributed by atoms with Crippen molar-refractivity contribution in [1.29, 1.82) is 0 Å². The SMILES string of the molecule is CC[C@@H]1CC[C@H](CCl)O1. The van der Waals surface area contributed by atoms with Gasteiger partial charge in [0.1, 0.15) is 0 Å². The van der Waals surface area contributed by atoms with Crippen LogP contribution in [0.25, 0.3) is 0 Å². The molecule has 1 heterocycles. The van der Waals surface area contributed by atoms with Crippen LogP contribution in [0.5, 0.6) is 0 Å². The van der Waals surface area contributed by atoms with Gasteiger partial charge >= 0.3 is 0 Å². The van der Waals surface area contributed by atoms with Gasteiger partial charge in [0, 0.05) is 5.88 Å². The fourth-order valence-electron chi connectivity index (χ4n) is 1.19. The van der Waals surface area contributed by atoms with Crippen LogP contribution in [0.15, 0.2) is 0 Å². The minimum atomic E-state index is 0.344. The first-order valence-corrected chi connectivity index (χ1v) is 4.11. The molecule has 1 nitrogen and oxygen atoms in total. The normalized spacial score (nSPS) is 35.3. The molecule has 0 amide bonds. The summed E-state index contributed by atoms with van der Waals surface area (Å²) >= 11 is 5.61. The summed E-state index contributed by atoms with van der Waals surface area (Å²) in [5.41, 5.74) is 0. The van der Waals surface area contributed by atoms with Crippen molar-refractivity contribution in [3.63, 3.8) is 0 Å². The minimum Gasteiger partial charge on any atom is -0.374 e. The molecule has 1 aliphatic rings. The van der Waals surface area contributed by atoms with Crippen LogP contribution in [0.3, 0.4) is 0 Å². The maximum absolute atomic E-state index is 5.61. The molecule has 2 atom stereocenters. The molecule has 0 bridgehead atoms. The quantitative estimate of drug-likeness (QED) is 0.546. The van der Waals surface area contributed by atoms with Gasteiger partial charge in [-0.05, 0) is 19.3 Å². The number of hydrogen-bond acceptors (Lipinski definition) is 1. The van der Waals surface area contributed by atoms with Crippen LogP contribution in [-0.2, 0) is 4.74 Å². The first-order valence-electron chi connectivity index (χ1n) is 3.58. The van der Waals surface area contributed by atoms with Gasteiger partial charge in [-0.15, -0.1) is 11.6 Å². The van der Waals surface area contributed by atoms with E-state index in [-0.39, 0.29) is 0 Å². The maximum atomic E-state index is 5.61. The van der Waals surface area contributed by atoms with E-state index in [1.54, 1.807) is 0 Å². The molecule has 1 fully saturated rings. The lowest BCUT2D eigenvalue weighted by Crippen LogP contribution is -2.10. The fourth-order valence-corrected chi connectivity index (χ4v) is 1.42. The summed E-state index contributed by atoms with van der Waals surface area (Å²) in [5.74, 6) is 0.663. The molecule has 0 unspecified atom stereocenters. The van der Waals surface area contributed by atoms with Crippen LogP contribution in [0.4, 0.5) is 0 Å². The Hall–Kier alpha value is 0.250. The van der Waals surface area contributed by atoms with E-state index in [0.717, 1.165) is 12.8 Å². The van der Waals surface area contributed by atoms with E-state index in [9.17, 15) is 0 Å². The molecule has 0 saturated carbocycles. The van der Waals surface area contributed by atoms with Gasteiger partial charge in [-0.25, -0.2) is 0 Å². The first kappa shape index (κ1) is 7.36. The second kappa shape index (κ2) is 3.43. The average Bonchev–Trinajstić information content (AvgIpc) is 2.34. The number of rotatable bonds is 2. The van der Waals surface area contributed by atoms with E-state index in [0.29, 0.717) is 18.1 Å². The first-order chi connectivity index (χ1) is 4.36. The third-order valence-electron chi connectivity index (χ3n) is 1.82. The van der Waals surface area contributed by atoms with Crippen LogP contribution in [0.1, 0.15) is 26.2 Å². The van der Waals surface area contributed by atoms with E-state index >= 15 is 0 Å². The van der Waals surface area contributed by atoms with Crippen LogP contribution in [0, 0.1) is 0 Å². The second-order valence-corrected chi connectivity index (χ2v) is 2.83. The summed E-state index contributed by atoms with van der Waals surface area (Å²) in [6.07, 6.45) is 4.33. The van der Waals surface area contributed by atoms with Gasteiger partial charge in [-0.1, -0.05) is 6.92 Å². The largest absolute Gasteiger partial charge is 0.374 e. The molecule has 0 aromatic carbocycles. The third kappa shape index (κ3) is 1.84. The summed E-state index contributed by atoms with van der Waals surface area (Å²) in [7, 11) is 0. The van der Waals surface area contributed by atoms with Gasteiger partial charge < -0.3 is 4.74 Å². The van der Waals surface area contributed by atoms with Gasteiger partial charge in [-0.2, -0.15) is 0 Å².